The molecule has 2 aromatic carbocycles. The Morgan fingerprint density at radius 1 is 0.970 bits per heavy atom. The van der Waals surface area contributed by atoms with Crippen molar-refractivity contribution in [3.05, 3.63) is 71.3 Å². The molecule has 0 radical (unpaired) electrons. The Labute approximate surface area is 215 Å². The number of halogens is 1. The van der Waals surface area contributed by atoms with E-state index in [-0.39, 0.29) is 29.9 Å². The first-order valence-electron chi connectivity index (χ1n) is 11.7. The van der Waals surface area contributed by atoms with Crippen molar-refractivity contribution in [1.82, 2.24) is 20.4 Å². The lowest BCUT2D eigenvalue weighted by Crippen LogP contribution is -2.39. The molecule has 7 heteroatoms. The molecule has 3 rings (SSSR count). The first-order valence-corrected chi connectivity index (χ1v) is 11.7. The molecule has 0 unspecified atom stereocenters. The van der Waals surface area contributed by atoms with E-state index in [0.717, 1.165) is 24.6 Å². The third-order valence-corrected chi connectivity index (χ3v) is 5.71. The molecule has 1 saturated heterocycles. The van der Waals surface area contributed by atoms with Gasteiger partial charge in [0.2, 0.25) is 5.91 Å². The maximum Gasteiger partial charge on any atom is 0.224 e. The molecule has 180 valence electrons. The molecule has 33 heavy (non-hydrogen) atoms. The zero-order chi connectivity index (χ0) is 22.6. The lowest BCUT2D eigenvalue weighted by molar-refractivity contribution is -0.130. The van der Waals surface area contributed by atoms with E-state index in [1.54, 1.807) is 4.90 Å². The van der Waals surface area contributed by atoms with Gasteiger partial charge in [0, 0.05) is 39.6 Å². The van der Waals surface area contributed by atoms with Gasteiger partial charge in [0.15, 0.2) is 5.96 Å². The molecule has 0 bridgehead atoms. The van der Waals surface area contributed by atoms with Crippen LogP contribution >= 0.6 is 24.0 Å². The van der Waals surface area contributed by atoms with E-state index in [1.165, 1.54) is 37.1 Å². The second kappa shape index (κ2) is 14.9. The van der Waals surface area contributed by atoms with Crippen molar-refractivity contribution < 1.29 is 4.79 Å². The van der Waals surface area contributed by atoms with Crippen molar-refractivity contribution in [2.24, 2.45) is 4.99 Å². The summed E-state index contributed by atoms with van der Waals surface area (Å²) in [7, 11) is 1.85. The molecule has 6 nitrogen and oxygen atoms in total. The third kappa shape index (κ3) is 9.71. The maximum absolute atomic E-state index is 12.4. The van der Waals surface area contributed by atoms with Crippen LogP contribution in [0.2, 0.25) is 0 Å². The molecule has 0 atom stereocenters. The Bertz CT molecular complexity index is 851. The Balaban J connectivity index is 0.00000385. The zero-order valence-corrected chi connectivity index (χ0v) is 22.3. The lowest BCUT2D eigenvalue weighted by atomic mass is 10.1. The molecule has 1 fully saturated rings. The van der Waals surface area contributed by atoms with Crippen LogP contribution in [0.5, 0.6) is 0 Å². The van der Waals surface area contributed by atoms with E-state index in [4.69, 9.17) is 0 Å². The minimum atomic E-state index is 0. The predicted octanol–water partition coefficient (Wildman–Crippen LogP) is 4.00. The van der Waals surface area contributed by atoms with Crippen molar-refractivity contribution in [2.45, 2.75) is 45.8 Å². The number of rotatable bonds is 10. The average molecular weight is 564 g/mol. The highest BCUT2D eigenvalue weighted by Crippen LogP contribution is 2.13. The van der Waals surface area contributed by atoms with Crippen LogP contribution in [0.25, 0.3) is 0 Å². The van der Waals surface area contributed by atoms with Gasteiger partial charge in [-0.3, -0.25) is 9.69 Å². The molecule has 0 saturated carbocycles. The molecule has 2 aromatic rings. The van der Waals surface area contributed by atoms with Crippen LogP contribution in [-0.4, -0.2) is 54.9 Å². The maximum atomic E-state index is 12.4. The highest BCUT2D eigenvalue weighted by Gasteiger charge is 2.12. The summed E-state index contributed by atoms with van der Waals surface area (Å²) in [5.41, 5.74) is 3.69. The van der Waals surface area contributed by atoms with Crippen LogP contribution in [0, 0.1) is 0 Å². The Morgan fingerprint density at radius 3 is 2.30 bits per heavy atom. The first-order chi connectivity index (χ1) is 15.6. The molecular formula is C26H38IN5O. The van der Waals surface area contributed by atoms with Gasteiger partial charge in [-0.1, -0.05) is 54.6 Å². The number of carbonyl (C=O) groups excluding carboxylic acids is 1. The molecule has 1 aliphatic heterocycles. The van der Waals surface area contributed by atoms with Gasteiger partial charge < -0.3 is 15.5 Å². The van der Waals surface area contributed by atoms with E-state index in [2.05, 4.69) is 44.8 Å². The zero-order valence-electron chi connectivity index (χ0n) is 19.9. The fraction of sp³-hybridized carbons (Fsp3) is 0.462. The summed E-state index contributed by atoms with van der Waals surface area (Å²) in [6.07, 6.45) is 3.07. The topological polar surface area (TPSA) is 60.0 Å². The summed E-state index contributed by atoms with van der Waals surface area (Å²) >= 11 is 0. The van der Waals surface area contributed by atoms with Crippen LogP contribution < -0.4 is 10.6 Å². The molecule has 2 N–H and O–H groups in total. The van der Waals surface area contributed by atoms with Crippen molar-refractivity contribution >= 4 is 35.8 Å². The van der Waals surface area contributed by atoms with Gasteiger partial charge in [-0.05, 0) is 49.5 Å². The Hall–Kier alpha value is -2.13. The second-order valence-electron chi connectivity index (χ2n) is 8.41. The highest BCUT2D eigenvalue weighted by molar-refractivity contribution is 14.0. The number of hydrogen-bond donors (Lipinski definition) is 2. The van der Waals surface area contributed by atoms with Crippen molar-refractivity contribution in [3.63, 3.8) is 0 Å². The predicted molar refractivity (Wildman–Crippen MR) is 147 cm³/mol. The largest absolute Gasteiger partial charge is 0.357 e. The Kier molecular flexibility index (Phi) is 12.2. The highest BCUT2D eigenvalue weighted by atomic mass is 127. The molecule has 0 aromatic heterocycles. The summed E-state index contributed by atoms with van der Waals surface area (Å²) in [5, 5.41) is 6.55. The number of amides is 1. The van der Waals surface area contributed by atoms with Crippen LogP contribution in [0.4, 0.5) is 0 Å². The number of aliphatic imine (C=N–C) groups is 1. The van der Waals surface area contributed by atoms with E-state index in [0.29, 0.717) is 26.1 Å². The summed E-state index contributed by atoms with van der Waals surface area (Å²) in [5.74, 6) is 0.859. The number of likely N-dealkylation sites (tertiary alicyclic amines) is 1. The molecule has 1 heterocycles. The van der Waals surface area contributed by atoms with Gasteiger partial charge in [0.1, 0.15) is 0 Å². The van der Waals surface area contributed by atoms with Gasteiger partial charge in [0.25, 0.3) is 0 Å². The van der Waals surface area contributed by atoms with E-state index >= 15 is 0 Å². The number of hydrogen-bond acceptors (Lipinski definition) is 3. The molecule has 1 amide bonds. The average Bonchev–Trinajstić information content (AvgIpc) is 3.32. The smallest absolute Gasteiger partial charge is 0.224 e. The minimum absolute atomic E-state index is 0. The van der Waals surface area contributed by atoms with Crippen LogP contribution in [0.1, 0.15) is 42.9 Å². The third-order valence-electron chi connectivity index (χ3n) is 5.71. The van der Waals surface area contributed by atoms with Gasteiger partial charge in [-0.15, -0.1) is 24.0 Å². The van der Waals surface area contributed by atoms with Gasteiger partial charge in [-0.25, -0.2) is 4.99 Å². The lowest BCUT2D eigenvalue weighted by Gasteiger charge is -2.18. The van der Waals surface area contributed by atoms with Crippen LogP contribution in [0.15, 0.2) is 59.6 Å². The van der Waals surface area contributed by atoms with Gasteiger partial charge in [-0.2, -0.15) is 0 Å². The number of benzene rings is 2. The summed E-state index contributed by atoms with van der Waals surface area (Å²) in [6.45, 7) is 8.09. The molecule has 1 aliphatic rings. The monoisotopic (exact) mass is 563 g/mol. The SMILES string of the molecule is CCNC(=NCc1ccc(CN2CCCC2)cc1)NCCC(=O)N(C)Cc1ccccc1.I. The second-order valence-corrected chi connectivity index (χ2v) is 8.41. The first kappa shape index (κ1) is 27.1. The number of nitrogens with zero attached hydrogens (tertiary/aromatic N) is 3. The fourth-order valence-electron chi connectivity index (χ4n) is 3.89. The quantitative estimate of drug-likeness (QED) is 0.261. The van der Waals surface area contributed by atoms with E-state index < -0.39 is 0 Å². The van der Waals surface area contributed by atoms with Crippen molar-refractivity contribution in [2.75, 3.05) is 33.2 Å². The van der Waals surface area contributed by atoms with E-state index in [1.807, 2.05) is 44.3 Å². The Morgan fingerprint density at radius 2 is 1.64 bits per heavy atom. The molecule has 0 aliphatic carbocycles. The molecular weight excluding hydrogens is 525 g/mol. The van der Waals surface area contributed by atoms with Gasteiger partial charge in [0.05, 0.1) is 6.54 Å². The summed E-state index contributed by atoms with van der Waals surface area (Å²) < 4.78 is 0. The number of nitrogens with one attached hydrogen (secondary N) is 2. The van der Waals surface area contributed by atoms with Crippen molar-refractivity contribution in [3.8, 4) is 0 Å². The number of carbonyl (C=O) groups is 1. The fourth-order valence-corrected chi connectivity index (χ4v) is 3.89. The van der Waals surface area contributed by atoms with Crippen LogP contribution in [-0.2, 0) is 24.4 Å². The summed E-state index contributed by atoms with van der Waals surface area (Å²) in [4.78, 5) is 21.4. The number of guanidine groups is 1. The summed E-state index contributed by atoms with van der Waals surface area (Å²) in [6, 6.07) is 18.8. The minimum Gasteiger partial charge on any atom is -0.357 e. The normalized spacial score (nSPS) is 13.9. The van der Waals surface area contributed by atoms with Crippen molar-refractivity contribution in [1.29, 1.82) is 0 Å². The van der Waals surface area contributed by atoms with Crippen LogP contribution in [0.3, 0.4) is 0 Å². The molecule has 0 spiro atoms. The van der Waals surface area contributed by atoms with E-state index in [9.17, 15) is 4.79 Å². The van der Waals surface area contributed by atoms with Gasteiger partial charge >= 0.3 is 0 Å². The standard InChI is InChI=1S/C26H37N5O.HI/c1-3-27-26(28-16-15-25(32)30(2)20-23-9-5-4-6-10-23)29-19-22-11-13-24(14-12-22)21-31-17-7-8-18-31;/h4-6,9-14H,3,7-8,15-21H2,1-2H3,(H2,27,28,29);1H.